The summed E-state index contributed by atoms with van der Waals surface area (Å²) in [6.07, 6.45) is 5.69. The Hall–Kier alpha value is -0.770. The van der Waals surface area contributed by atoms with E-state index in [1.807, 2.05) is 19.2 Å². The van der Waals surface area contributed by atoms with Crippen molar-refractivity contribution in [3.63, 3.8) is 0 Å². The molecule has 0 atom stereocenters. The van der Waals surface area contributed by atoms with Gasteiger partial charge in [0, 0.05) is 13.5 Å². The lowest BCUT2D eigenvalue weighted by atomic mass is 10.0. The molecule has 0 aromatic carbocycles. The van der Waals surface area contributed by atoms with E-state index in [1.54, 1.807) is 4.90 Å². The van der Waals surface area contributed by atoms with Gasteiger partial charge in [0.2, 0.25) is 5.91 Å². The first-order chi connectivity index (χ1) is 8.15. The second kappa shape index (κ2) is 5.71. The van der Waals surface area contributed by atoms with E-state index in [-0.39, 0.29) is 5.91 Å². The Morgan fingerprint density at radius 1 is 1.47 bits per heavy atom. The average Bonchev–Trinajstić information content (AvgIpc) is 2.90. The van der Waals surface area contributed by atoms with Crippen molar-refractivity contribution in [3.8, 4) is 0 Å². The number of hydrogen-bond acceptors (Lipinski definition) is 2. The largest absolute Gasteiger partial charge is 0.452 e. The molecule has 1 aromatic rings. The van der Waals surface area contributed by atoms with Crippen LogP contribution in [0.15, 0.2) is 21.2 Å². The number of nitrogens with zero attached hydrogens (tertiary/aromatic N) is 1. The van der Waals surface area contributed by atoms with E-state index in [0.717, 1.165) is 5.76 Å². The zero-order chi connectivity index (χ0) is 12.3. The molecule has 3 nitrogen and oxygen atoms in total. The van der Waals surface area contributed by atoms with Gasteiger partial charge >= 0.3 is 0 Å². The number of furan rings is 1. The Morgan fingerprint density at radius 3 is 2.76 bits per heavy atom. The minimum atomic E-state index is 0.226. The molecular weight excluding hydrogens is 282 g/mol. The number of halogens is 1. The predicted molar refractivity (Wildman–Crippen MR) is 69.5 cm³/mol. The molecule has 0 unspecified atom stereocenters. The van der Waals surface area contributed by atoms with E-state index in [1.165, 1.54) is 25.7 Å². The van der Waals surface area contributed by atoms with Gasteiger partial charge in [-0.3, -0.25) is 4.79 Å². The highest BCUT2D eigenvalue weighted by Gasteiger charge is 2.20. The van der Waals surface area contributed by atoms with Crippen molar-refractivity contribution in [1.29, 1.82) is 0 Å². The zero-order valence-corrected chi connectivity index (χ0v) is 11.7. The maximum atomic E-state index is 12.0. The predicted octanol–water partition coefficient (Wildman–Crippen LogP) is 3.58. The van der Waals surface area contributed by atoms with Gasteiger partial charge in [0.25, 0.3) is 0 Å². The van der Waals surface area contributed by atoms with Crippen molar-refractivity contribution in [1.82, 2.24) is 4.90 Å². The van der Waals surface area contributed by atoms with Crippen molar-refractivity contribution in [2.24, 2.45) is 5.92 Å². The standard InChI is InChI=1S/C13H18BrNO2/c1-15(9-11-6-7-12(14)17-11)13(16)8-10-4-2-3-5-10/h6-7,10H,2-5,8-9H2,1H3. The minimum absolute atomic E-state index is 0.226. The second-order valence-corrected chi connectivity index (χ2v) is 5.59. The third-order valence-electron chi connectivity index (χ3n) is 3.39. The Kier molecular flexibility index (Phi) is 4.26. The molecule has 0 radical (unpaired) electrons. The highest BCUT2D eigenvalue weighted by molar-refractivity contribution is 9.10. The molecule has 4 heteroatoms. The van der Waals surface area contributed by atoms with Crippen LogP contribution in [-0.2, 0) is 11.3 Å². The van der Waals surface area contributed by atoms with Gasteiger partial charge in [-0.15, -0.1) is 0 Å². The smallest absolute Gasteiger partial charge is 0.222 e. The third-order valence-corrected chi connectivity index (χ3v) is 3.81. The lowest BCUT2D eigenvalue weighted by Gasteiger charge is -2.18. The van der Waals surface area contributed by atoms with Crippen LogP contribution in [0, 0.1) is 5.92 Å². The SMILES string of the molecule is CN(Cc1ccc(Br)o1)C(=O)CC1CCCC1. The first-order valence-corrected chi connectivity index (χ1v) is 6.92. The van der Waals surface area contributed by atoms with Gasteiger partial charge in [-0.2, -0.15) is 0 Å². The fourth-order valence-electron chi connectivity index (χ4n) is 2.38. The monoisotopic (exact) mass is 299 g/mol. The molecule has 1 amide bonds. The van der Waals surface area contributed by atoms with E-state index in [4.69, 9.17) is 4.42 Å². The van der Waals surface area contributed by atoms with Crippen molar-refractivity contribution < 1.29 is 9.21 Å². The summed E-state index contributed by atoms with van der Waals surface area (Å²) in [4.78, 5) is 13.7. The topological polar surface area (TPSA) is 33.5 Å². The number of carbonyl (C=O) groups excluding carboxylic acids is 1. The van der Waals surface area contributed by atoms with Crippen molar-refractivity contribution >= 4 is 21.8 Å². The third kappa shape index (κ3) is 3.60. The second-order valence-electron chi connectivity index (χ2n) is 4.81. The molecule has 1 aliphatic rings. The first kappa shape index (κ1) is 12.7. The molecular formula is C13H18BrNO2. The van der Waals surface area contributed by atoms with Gasteiger partial charge in [0.15, 0.2) is 4.67 Å². The van der Waals surface area contributed by atoms with Crippen LogP contribution in [0.4, 0.5) is 0 Å². The summed E-state index contributed by atoms with van der Waals surface area (Å²) in [6.45, 7) is 0.553. The maximum Gasteiger partial charge on any atom is 0.222 e. The number of carbonyl (C=O) groups is 1. The van der Waals surface area contributed by atoms with E-state index >= 15 is 0 Å². The number of hydrogen-bond donors (Lipinski definition) is 0. The fraction of sp³-hybridized carbons (Fsp3) is 0.615. The quantitative estimate of drug-likeness (QED) is 0.851. The molecule has 0 N–H and O–H groups in total. The molecule has 1 aliphatic carbocycles. The van der Waals surface area contributed by atoms with E-state index in [2.05, 4.69) is 15.9 Å². The van der Waals surface area contributed by atoms with Crippen molar-refractivity contribution in [3.05, 3.63) is 22.6 Å². The molecule has 94 valence electrons. The maximum absolute atomic E-state index is 12.0. The molecule has 1 fully saturated rings. The Bertz CT molecular complexity index is 383. The van der Waals surface area contributed by atoms with Crippen LogP contribution in [0.25, 0.3) is 0 Å². The van der Waals surface area contributed by atoms with E-state index in [9.17, 15) is 4.79 Å². The molecule has 0 bridgehead atoms. The Labute approximate surface area is 110 Å². The lowest BCUT2D eigenvalue weighted by molar-refractivity contribution is -0.131. The van der Waals surface area contributed by atoms with E-state index in [0.29, 0.717) is 23.6 Å². The van der Waals surface area contributed by atoms with Crippen LogP contribution in [0.5, 0.6) is 0 Å². The summed E-state index contributed by atoms with van der Waals surface area (Å²) in [5.41, 5.74) is 0. The highest BCUT2D eigenvalue weighted by atomic mass is 79.9. The van der Waals surface area contributed by atoms with Gasteiger partial charge in [-0.25, -0.2) is 0 Å². The normalized spacial score (nSPS) is 16.4. The highest BCUT2D eigenvalue weighted by Crippen LogP contribution is 2.28. The number of rotatable bonds is 4. The molecule has 2 rings (SSSR count). The fourth-order valence-corrected chi connectivity index (χ4v) is 2.72. The van der Waals surface area contributed by atoms with Crippen LogP contribution in [0.3, 0.4) is 0 Å². The van der Waals surface area contributed by atoms with Crippen molar-refractivity contribution in [2.75, 3.05) is 7.05 Å². The lowest BCUT2D eigenvalue weighted by Crippen LogP contribution is -2.27. The average molecular weight is 300 g/mol. The molecule has 0 saturated heterocycles. The molecule has 1 heterocycles. The Morgan fingerprint density at radius 2 is 2.18 bits per heavy atom. The van der Waals surface area contributed by atoms with Gasteiger partial charge in [0.1, 0.15) is 5.76 Å². The summed E-state index contributed by atoms with van der Waals surface area (Å²) >= 11 is 3.26. The summed E-state index contributed by atoms with van der Waals surface area (Å²) in [5.74, 6) is 1.65. The van der Waals surface area contributed by atoms with Gasteiger partial charge in [-0.1, -0.05) is 12.8 Å². The zero-order valence-electron chi connectivity index (χ0n) is 10.1. The van der Waals surface area contributed by atoms with Gasteiger partial charge < -0.3 is 9.32 Å². The minimum Gasteiger partial charge on any atom is -0.452 e. The van der Waals surface area contributed by atoms with Crippen molar-refractivity contribution in [2.45, 2.75) is 38.6 Å². The van der Waals surface area contributed by atoms with Gasteiger partial charge in [-0.05, 0) is 46.8 Å². The molecule has 17 heavy (non-hydrogen) atoms. The van der Waals surface area contributed by atoms with Crippen LogP contribution < -0.4 is 0 Å². The Balaban J connectivity index is 1.82. The molecule has 1 aromatic heterocycles. The summed E-state index contributed by atoms with van der Waals surface area (Å²) in [6, 6.07) is 3.74. The summed E-state index contributed by atoms with van der Waals surface area (Å²) in [5, 5.41) is 0. The molecule has 1 saturated carbocycles. The first-order valence-electron chi connectivity index (χ1n) is 6.13. The van der Waals surface area contributed by atoms with Crippen LogP contribution >= 0.6 is 15.9 Å². The number of amides is 1. The van der Waals surface area contributed by atoms with Crippen LogP contribution in [0.2, 0.25) is 0 Å². The van der Waals surface area contributed by atoms with Crippen LogP contribution in [0.1, 0.15) is 37.9 Å². The summed E-state index contributed by atoms with van der Waals surface area (Å²) in [7, 11) is 1.84. The van der Waals surface area contributed by atoms with Crippen LogP contribution in [-0.4, -0.2) is 17.9 Å². The molecule has 0 aliphatic heterocycles. The molecule has 0 spiro atoms. The summed E-state index contributed by atoms with van der Waals surface area (Å²) < 4.78 is 6.11. The van der Waals surface area contributed by atoms with Gasteiger partial charge in [0.05, 0.1) is 6.54 Å². The van der Waals surface area contributed by atoms with E-state index < -0.39 is 0 Å².